The number of rotatable bonds is 4. The molecular weight excluding hydrogens is 200 g/mol. The van der Waals surface area contributed by atoms with Gasteiger partial charge in [-0.15, -0.1) is 0 Å². The minimum absolute atomic E-state index is 0.758. The fourth-order valence-corrected chi connectivity index (χ4v) is 1.37. The molecule has 2 rings (SSSR count). The van der Waals surface area contributed by atoms with Crippen LogP contribution in [0.4, 0.5) is 5.82 Å². The molecule has 1 heterocycles. The van der Waals surface area contributed by atoms with Crippen molar-refractivity contribution in [3.05, 3.63) is 66.8 Å². The summed E-state index contributed by atoms with van der Waals surface area (Å²) in [4.78, 5) is 9.47. The van der Waals surface area contributed by atoms with Gasteiger partial charge in [-0.25, -0.2) is 10.0 Å². The summed E-state index contributed by atoms with van der Waals surface area (Å²) in [5.74, 6) is 0.758. The second kappa shape index (κ2) is 5.28. The molecule has 0 aliphatic rings. The van der Waals surface area contributed by atoms with Gasteiger partial charge in [0.25, 0.3) is 0 Å². The quantitative estimate of drug-likeness (QED) is 0.730. The lowest BCUT2D eigenvalue weighted by Crippen LogP contribution is -2.19. The van der Waals surface area contributed by atoms with Crippen LogP contribution in [0.25, 0.3) is 0 Å². The van der Waals surface area contributed by atoms with E-state index in [9.17, 15) is 0 Å². The largest absolute Gasteiger partial charge is 0.275 e. The first-order valence-electron chi connectivity index (χ1n) is 5.04. The van der Waals surface area contributed by atoms with E-state index in [4.69, 9.17) is 4.84 Å². The summed E-state index contributed by atoms with van der Waals surface area (Å²) >= 11 is 0. The molecule has 0 aliphatic heterocycles. The van der Waals surface area contributed by atoms with E-state index in [1.165, 1.54) is 0 Å². The van der Waals surface area contributed by atoms with E-state index in [2.05, 4.69) is 4.98 Å². The maximum atomic E-state index is 5.26. The summed E-state index contributed by atoms with van der Waals surface area (Å²) in [5.41, 5.74) is 1.06. The van der Waals surface area contributed by atoms with Crippen LogP contribution in [0.5, 0.6) is 0 Å². The zero-order chi connectivity index (χ0) is 11.2. The van der Waals surface area contributed by atoms with Gasteiger partial charge in [-0.1, -0.05) is 36.4 Å². The summed E-state index contributed by atoms with van der Waals surface area (Å²) in [5, 5.41) is 1.63. The highest BCUT2D eigenvalue weighted by Gasteiger charge is 2.07. The van der Waals surface area contributed by atoms with E-state index in [0.29, 0.717) is 0 Å². The molecule has 16 heavy (non-hydrogen) atoms. The Balaban J connectivity index is 2.13. The molecule has 0 saturated carbocycles. The third-order valence-electron chi connectivity index (χ3n) is 2.14. The van der Waals surface area contributed by atoms with Gasteiger partial charge < -0.3 is 0 Å². The highest BCUT2D eigenvalue weighted by molar-refractivity contribution is 5.41. The molecule has 2 aromatic rings. The molecule has 1 radical (unpaired) electrons. The van der Waals surface area contributed by atoms with Crippen LogP contribution in [-0.4, -0.2) is 12.1 Å². The minimum atomic E-state index is 0.758. The lowest BCUT2D eigenvalue weighted by Gasteiger charge is -2.19. The van der Waals surface area contributed by atoms with Crippen molar-refractivity contribution in [2.24, 2.45) is 0 Å². The Morgan fingerprint density at radius 2 is 1.81 bits per heavy atom. The molecular formula is C13H13N2O. The summed E-state index contributed by atoms with van der Waals surface area (Å²) in [6.07, 6.45) is 1.74. The van der Waals surface area contributed by atoms with Crippen LogP contribution in [0.15, 0.2) is 54.7 Å². The number of hydroxylamine groups is 1. The Morgan fingerprint density at radius 3 is 2.44 bits per heavy atom. The van der Waals surface area contributed by atoms with Crippen LogP contribution in [0.3, 0.4) is 0 Å². The second-order valence-corrected chi connectivity index (χ2v) is 3.24. The SMILES string of the molecule is CON([CH]c1ccccc1)c1ccccn1. The first kappa shape index (κ1) is 10.6. The maximum Gasteiger partial charge on any atom is 0.153 e. The molecule has 1 aromatic heterocycles. The Hall–Kier alpha value is -1.87. The minimum Gasteiger partial charge on any atom is -0.275 e. The number of pyridine rings is 1. The van der Waals surface area contributed by atoms with E-state index >= 15 is 0 Å². The number of aromatic nitrogens is 1. The lowest BCUT2D eigenvalue weighted by atomic mass is 10.2. The Bertz CT molecular complexity index is 416. The fourth-order valence-electron chi connectivity index (χ4n) is 1.37. The van der Waals surface area contributed by atoms with E-state index in [-0.39, 0.29) is 0 Å². The molecule has 0 amide bonds. The highest BCUT2D eigenvalue weighted by Crippen LogP contribution is 2.14. The van der Waals surface area contributed by atoms with E-state index in [1.807, 2.05) is 55.1 Å². The summed E-state index contributed by atoms with van der Waals surface area (Å²) in [6.45, 7) is 1.89. The summed E-state index contributed by atoms with van der Waals surface area (Å²) in [7, 11) is 1.62. The van der Waals surface area contributed by atoms with Gasteiger partial charge in [-0.2, -0.15) is 0 Å². The molecule has 3 nitrogen and oxygen atoms in total. The first-order chi connectivity index (χ1) is 7.90. The van der Waals surface area contributed by atoms with Gasteiger partial charge in [0.1, 0.15) is 6.54 Å². The average Bonchev–Trinajstić information content (AvgIpc) is 2.38. The number of hydrogen-bond donors (Lipinski definition) is 0. The molecule has 81 valence electrons. The molecule has 0 atom stereocenters. The number of benzene rings is 1. The van der Waals surface area contributed by atoms with Gasteiger partial charge in [-0.05, 0) is 17.7 Å². The van der Waals surface area contributed by atoms with Gasteiger partial charge in [0.15, 0.2) is 5.82 Å². The van der Waals surface area contributed by atoms with Crippen molar-refractivity contribution in [1.29, 1.82) is 0 Å². The predicted octanol–water partition coefficient (Wildman–Crippen LogP) is 2.66. The Morgan fingerprint density at radius 1 is 1.06 bits per heavy atom. The molecule has 0 aliphatic carbocycles. The molecule has 0 spiro atoms. The zero-order valence-corrected chi connectivity index (χ0v) is 9.08. The van der Waals surface area contributed by atoms with Crippen LogP contribution in [0, 0.1) is 6.54 Å². The van der Waals surface area contributed by atoms with Crippen molar-refractivity contribution in [1.82, 2.24) is 4.98 Å². The summed E-state index contributed by atoms with van der Waals surface area (Å²) in [6, 6.07) is 15.7. The van der Waals surface area contributed by atoms with E-state index < -0.39 is 0 Å². The average molecular weight is 213 g/mol. The Kier molecular flexibility index (Phi) is 3.51. The van der Waals surface area contributed by atoms with Crippen LogP contribution in [0.1, 0.15) is 5.56 Å². The molecule has 0 fully saturated rings. The van der Waals surface area contributed by atoms with Crippen LogP contribution in [-0.2, 0) is 4.84 Å². The lowest BCUT2D eigenvalue weighted by molar-refractivity contribution is 0.186. The van der Waals surface area contributed by atoms with Crippen LogP contribution in [0.2, 0.25) is 0 Å². The van der Waals surface area contributed by atoms with Crippen molar-refractivity contribution >= 4 is 5.82 Å². The Labute approximate surface area is 95.3 Å². The van der Waals surface area contributed by atoms with E-state index in [1.54, 1.807) is 18.4 Å². The van der Waals surface area contributed by atoms with Gasteiger partial charge >= 0.3 is 0 Å². The number of hydrogen-bond acceptors (Lipinski definition) is 3. The molecule has 1 aromatic carbocycles. The van der Waals surface area contributed by atoms with E-state index in [0.717, 1.165) is 11.4 Å². The predicted molar refractivity (Wildman–Crippen MR) is 63.6 cm³/mol. The third kappa shape index (κ3) is 2.58. The standard InChI is InChI=1S/C13H13N2O/c1-16-15(13-9-5-6-10-14-13)11-12-7-3-2-4-8-12/h2-11H,1H3. The monoisotopic (exact) mass is 213 g/mol. The van der Waals surface area contributed by atoms with Crippen LogP contribution >= 0.6 is 0 Å². The molecule has 0 saturated heterocycles. The van der Waals surface area contributed by atoms with Gasteiger partial charge in [0.2, 0.25) is 0 Å². The number of anilines is 1. The van der Waals surface area contributed by atoms with Gasteiger partial charge in [0.05, 0.1) is 7.11 Å². The fraction of sp³-hybridized carbons (Fsp3) is 0.0769. The highest BCUT2D eigenvalue weighted by atomic mass is 16.7. The van der Waals surface area contributed by atoms with Crippen molar-refractivity contribution in [2.75, 3.05) is 12.2 Å². The van der Waals surface area contributed by atoms with Crippen LogP contribution < -0.4 is 5.06 Å². The normalized spacial score (nSPS) is 10.1. The third-order valence-corrected chi connectivity index (χ3v) is 2.14. The van der Waals surface area contributed by atoms with Crippen molar-refractivity contribution < 1.29 is 4.84 Å². The number of nitrogens with zero attached hydrogens (tertiary/aromatic N) is 2. The molecule has 0 bridgehead atoms. The maximum absolute atomic E-state index is 5.26. The van der Waals surface area contributed by atoms with Crippen molar-refractivity contribution in [3.8, 4) is 0 Å². The topological polar surface area (TPSA) is 25.4 Å². The molecule has 3 heteroatoms. The zero-order valence-electron chi connectivity index (χ0n) is 9.08. The second-order valence-electron chi connectivity index (χ2n) is 3.24. The first-order valence-corrected chi connectivity index (χ1v) is 5.04. The van der Waals surface area contributed by atoms with Gasteiger partial charge in [-0.3, -0.25) is 4.84 Å². The summed E-state index contributed by atoms with van der Waals surface area (Å²) < 4.78 is 0. The molecule has 0 unspecified atom stereocenters. The van der Waals surface area contributed by atoms with Gasteiger partial charge in [0, 0.05) is 6.20 Å². The molecule has 0 N–H and O–H groups in total. The smallest absolute Gasteiger partial charge is 0.153 e. The van der Waals surface area contributed by atoms with Crippen molar-refractivity contribution in [2.45, 2.75) is 0 Å². The van der Waals surface area contributed by atoms with Crippen molar-refractivity contribution in [3.63, 3.8) is 0 Å².